The van der Waals surface area contributed by atoms with Gasteiger partial charge in [0.2, 0.25) is 10.0 Å². The van der Waals surface area contributed by atoms with Crippen LogP contribution in [0.25, 0.3) is 11.0 Å². The van der Waals surface area contributed by atoms with Gasteiger partial charge < -0.3 is 5.73 Å². The molecule has 0 aromatic carbocycles. The Morgan fingerprint density at radius 3 is 2.71 bits per heavy atom. The normalized spacial score (nSPS) is 15.9. The average molecular weight is 376 g/mol. The first-order chi connectivity index (χ1) is 10.8. The summed E-state index contributed by atoms with van der Waals surface area (Å²) in [4.78, 5) is 29.3. The van der Waals surface area contributed by atoms with Crippen molar-refractivity contribution in [2.45, 2.75) is 23.8 Å². The van der Waals surface area contributed by atoms with Gasteiger partial charge in [0.1, 0.15) is 10.5 Å². The van der Waals surface area contributed by atoms with Gasteiger partial charge in [0, 0.05) is 25.8 Å². The number of sulfonamides is 1. The summed E-state index contributed by atoms with van der Waals surface area (Å²) in [5.41, 5.74) is 4.45. The number of nitrogens with one attached hydrogen (secondary N) is 2. The number of H-pyrrole nitrogens is 1. The van der Waals surface area contributed by atoms with Crippen LogP contribution in [0.5, 0.6) is 0 Å². The van der Waals surface area contributed by atoms with Crippen molar-refractivity contribution in [1.29, 1.82) is 0 Å². The highest BCUT2D eigenvalue weighted by atomic mass is 35.5. The van der Waals surface area contributed by atoms with Gasteiger partial charge in [-0.05, 0) is 24.8 Å². The van der Waals surface area contributed by atoms with Crippen molar-refractivity contribution in [2.75, 3.05) is 6.54 Å². The minimum absolute atomic E-state index is 0. The van der Waals surface area contributed by atoms with Gasteiger partial charge in [0.25, 0.3) is 5.56 Å². The summed E-state index contributed by atoms with van der Waals surface area (Å²) < 4.78 is 28.6. The van der Waals surface area contributed by atoms with Crippen LogP contribution < -0.4 is 21.7 Å². The molecule has 1 saturated carbocycles. The Labute approximate surface area is 143 Å². The Morgan fingerprint density at radius 1 is 1.46 bits per heavy atom. The number of nitrogens with zero attached hydrogens (tertiary/aromatic N) is 2. The molecule has 9 nitrogen and oxygen atoms in total. The summed E-state index contributed by atoms with van der Waals surface area (Å²) >= 11 is 0. The van der Waals surface area contributed by atoms with Crippen LogP contribution >= 0.6 is 12.4 Å². The molecule has 0 saturated heterocycles. The lowest BCUT2D eigenvalue weighted by Crippen LogP contribution is -2.41. The van der Waals surface area contributed by atoms with E-state index in [2.05, 4.69) is 14.7 Å². The van der Waals surface area contributed by atoms with E-state index in [0.717, 1.165) is 23.6 Å². The maximum absolute atomic E-state index is 12.5. The molecule has 0 radical (unpaired) electrons. The molecule has 1 atom stereocenters. The Balaban J connectivity index is 0.00000208. The van der Waals surface area contributed by atoms with Crippen LogP contribution in [0.4, 0.5) is 0 Å². The fraction of sp³-hybridized carbons (Fsp3) is 0.462. The van der Waals surface area contributed by atoms with E-state index in [0.29, 0.717) is 0 Å². The van der Waals surface area contributed by atoms with E-state index < -0.39 is 21.3 Å². The summed E-state index contributed by atoms with van der Waals surface area (Å²) in [7, 11) is -2.40. The fourth-order valence-electron chi connectivity index (χ4n) is 2.47. The molecule has 2 aromatic rings. The standard InChI is InChI=1S/C13H17N5O4S.ClH/c1-18-11-9(12(19)16-13(18)20)4-8(6-15-11)23(21,22)17-10(5-14)7-2-3-7;/h4,6-7,10,17H,2-3,5,14H2,1H3,(H,16,19,20);1H. The highest BCUT2D eigenvalue weighted by Gasteiger charge is 2.33. The highest BCUT2D eigenvalue weighted by molar-refractivity contribution is 7.89. The monoisotopic (exact) mass is 375 g/mol. The van der Waals surface area contributed by atoms with Crippen LogP contribution in [0.15, 0.2) is 26.7 Å². The van der Waals surface area contributed by atoms with Gasteiger partial charge in [0.15, 0.2) is 0 Å². The summed E-state index contributed by atoms with van der Waals surface area (Å²) in [6.07, 6.45) is 3.02. The van der Waals surface area contributed by atoms with Gasteiger partial charge in [-0.2, -0.15) is 0 Å². The van der Waals surface area contributed by atoms with Crippen LogP contribution in [-0.4, -0.2) is 35.5 Å². The first-order valence-electron chi connectivity index (χ1n) is 7.15. The first-order valence-corrected chi connectivity index (χ1v) is 8.63. The van der Waals surface area contributed by atoms with Gasteiger partial charge in [-0.15, -0.1) is 12.4 Å². The maximum atomic E-state index is 12.5. The molecule has 0 aliphatic heterocycles. The van der Waals surface area contributed by atoms with Crippen LogP contribution in [0, 0.1) is 5.92 Å². The lowest BCUT2D eigenvalue weighted by molar-refractivity contribution is 0.519. The van der Waals surface area contributed by atoms with Gasteiger partial charge in [-0.25, -0.2) is 22.9 Å². The zero-order valence-electron chi connectivity index (χ0n) is 12.9. The second kappa shape index (κ2) is 6.63. The number of fused-ring (bicyclic) bond motifs is 1. The predicted octanol–water partition coefficient (Wildman–Crippen LogP) is -0.941. The molecule has 2 heterocycles. The number of pyridine rings is 1. The van der Waals surface area contributed by atoms with Crippen molar-refractivity contribution in [3.05, 3.63) is 33.1 Å². The molecular weight excluding hydrogens is 358 g/mol. The van der Waals surface area contributed by atoms with Crippen LogP contribution in [0.2, 0.25) is 0 Å². The van der Waals surface area contributed by atoms with Gasteiger partial charge in [0.05, 0.1) is 5.39 Å². The number of hydrogen-bond donors (Lipinski definition) is 3. The Hall–Kier alpha value is -1.75. The van der Waals surface area contributed by atoms with Crippen molar-refractivity contribution in [3.63, 3.8) is 0 Å². The third kappa shape index (κ3) is 3.36. The molecule has 0 amide bonds. The number of rotatable bonds is 5. The number of nitrogens with two attached hydrogens (primary N) is 1. The topological polar surface area (TPSA) is 140 Å². The van der Waals surface area contributed by atoms with Crippen LogP contribution in [-0.2, 0) is 17.1 Å². The molecule has 24 heavy (non-hydrogen) atoms. The Bertz CT molecular complexity index is 980. The third-order valence-electron chi connectivity index (χ3n) is 3.99. The van der Waals surface area contributed by atoms with Crippen molar-refractivity contribution < 1.29 is 8.42 Å². The average Bonchev–Trinajstić information content (AvgIpc) is 3.34. The van der Waals surface area contributed by atoms with Gasteiger partial charge in [-0.3, -0.25) is 14.3 Å². The van der Waals surface area contributed by atoms with Crippen molar-refractivity contribution in [1.82, 2.24) is 19.3 Å². The summed E-state index contributed by atoms with van der Waals surface area (Å²) in [6, 6.07) is 0.887. The zero-order valence-corrected chi connectivity index (χ0v) is 14.5. The molecule has 4 N–H and O–H groups in total. The third-order valence-corrected chi connectivity index (χ3v) is 5.45. The molecule has 1 aliphatic carbocycles. The number of halogens is 1. The molecule has 132 valence electrons. The largest absolute Gasteiger partial charge is 0.329 e. The quantitative estimate of drug-likeness (QED) is 0.616. The summed E-state index contributed by atoms with van der Waals surface area (Å²) in [5, 5.41) is 0.0331. The second-order valence-corrected chi connectivity index (χ2v) is 7.38. The smallest absolute Gasteiger partial charge is 0.329 e. The Morgan fingerprint density at radius 2 is 2.12 bits per heavy atom. The highest BCUT2D eigenvalue weighted by Crippen LogP contribution is 2.32. The van der Waals surface area contributed by atoms with E-state index in [1.165, 1.54) is 13.1 Å². The molecule has 0 bridgehead atoms. The van der Waals surface area contributed by atoms with Crippen molar-refractivity contribution in [2.24, 2.45) is 18.7 Å². The minimum Gasteiger partial charge on any atom is -0.329 e. The van der Waals surface area contributed by atoms with E-state index >= 15 is 0 Å². The fourth-order valence-corrected chi connectivity index (χ4v) is 3.75. The molecule has 1 aliphatic rings. The van der Waals surface area contributed by atoms with Crippen molar-refractivity contribution >= 4 is 33.5 Å². The molecule has 3 rings (SSSR count). The lowest BCUT2D eigenvalue weighted by atomic mass is 10.2. The van der Waals surface area contributed by atoms with E-state index in [-0.39, 0.29) is 46.8 Å². The van der Waals surface area contributed by atoms with Gasteiger partial charge >= 0.3 is 5.69 Å². The molecule has 1 fully saturated rings. The SMILES string of the molecule is Cl.Cn1c(=O)[nH]c(=O)c2cc(S(=O)(=O)NC(CN)C3CC3)cnc21. The maximum Gasteiger partial charge on any atom is 0.329 e. The number of aryl methyl sites for hydroxylation is 1. The molecule has 1 unspecified atom stereocenters. The van der Waals surface area contributed by atoms with Crippen LogP contribution in [0.3, 0.4) is 0 Å². The Kier molecular flexibility index (Phi) is 5.14. The van der Waals surface area contributed by atoms with Gasteiger partial charge in [-0.1, -0.05) is 0 Å². The molecule has 0 spiro atoms. The molecule has 2 aromatic heterocycles. The van der Waals surface area contributed by atoms with Crippen molar-refractivity contribution in [3.8, 4) is 0 Å². The first kappa shape index (κ1) is 18.6. The molecular formula is C13H18ClN5O4S. The summed E-state index contributed by atoms with van der Waals surface area (Å²) in [5.74, 6) is 0.257. The number of aromatic nitrogens is 3. The van der Waals surface area contributed by atoms with E-state index in [1.54, 1.807) is 0 Å². The minimum atomic E-state index is -3.84. The number of hydrogen-bond acceptors (Lipinski definition) is 6. The van der Waals surface area contributed by atoms with Crippen LogP contribution in [0.1, 0.15) is 12.8 Å². The predicted molar refractivity (Wildman–Crippen MR) is 90.7 cm³/mol. The summed E-state index contributed by atoms with van der Waals surface area (Å²) in [6.45, 7) is 0.208. The second-order valence-electron chi connectivity index (χ2n) is 5.66. The zero-order chi connectivity index (χ0) is 16.8. The number of aromatic amines is 1. The lowest BCUT2D eigenvalue weighted by Gasteiger charge is -2.16. The van der Waals surface area contributed by atoms with E-state index in [9.17, 15) is 18.0 Å². The van der Waals surface area contributed by atoms with E-state index in [1.807, 2.05) is 0 Å². The molecule has 11 heteroatoms. The van der Waals surface area contributed by atoms with E-state index in [4.69, 9.17) is 5.73 Å².